The van der Waals surface area contributed by atoms with Crippen LogP contribution in [0.15, 0.2) is 0 Å². The van der Waals surface area contributed by atoms with Gasteiger partial charge >= 0.3 is 0 Å². The van der Waals surface area contributed by atoms with Gasteiger partial charge in [-0.1, -0.05) is 39.0 Å². The third kappa shape index (κ3) is 3.27. The summed E-state index contributed by atoms with van der Waals surface area (Å²) in [6, 6.07) is 0.248. The Morgan fingerprint density at radius 3 is 2.28 bits per heavy atom. The lowest BCUT2D eigenvalue weighted by Gasteiger charge is -2.43. The first-order valence-electron chi connectivity index (χ1n) is 7.97. The lowest BCUT2D eigenvalue weighted by atomic mass is 9.72. The number of rotatable bonds is 4. The molecule has 2 N–H and O–H groups in total. The normalized spacial score (nSPS) is 36.5. The second kappa shape index (κ2) is 6.38. The predicted octanol–water partition coefficient (Wildman–Crippen LogP) is 3.88. The van der Waals surface area contributed by atoms with Gasteiger partial charge in [-0.25, -0.2) is 0 Å². The van der Waals surface area contributed by atoms with Crippen LogP contribution < -0.4 is 5.73 Å². The summed E-state index contributed by atoms with van der Waals surface area (Å²) in [4.78, 5) is 0. The van der Waals surface area contributed by atoms with Crippen LogP contribution in [0.4, 0.5) is 0 Å². The number of nitrogens with two attached hydrogens (primary N) is 1. The average molecular weight is 253 g/mol. The summed E-state index contributed by atoms with van der Waals surface area (Å²) in [6.45, 7) is 2.35. The summed E-state index contributed by atoms with van der Waals surface area (Å²) in [7, 11) is 1.87. The molecule has 2 fully saturated rings. The molecule has 0 saturated heterocycles. The molecule has 2 saturated carbocycles. The highest BCUT2D eigenvalue weighted by molar-refractivity contribution is 4.95. The molecule has 0 amide bonds. The van der Waals surface area contributed by atoms with Crippen LogP contribution in [-0.4, -0.2) is 18.8 Å². The van der Waals surface area contributed by atoms with Gasteiger partial charge in [0, 0.05) is 13.2 Å². The number of hydrogen-bond donors (Lipinski definition) is 1. The van der Waals surface area contributed by atoms with Gasteiger partial charge in [0.15, 0.2) is 0 Å². The maximum Gasteiger partial charge on any atom is 0.0829 e. The Morgan fingerprint density at radius 1 is 1.11 bits per heavy atom. The largest absolute Gasteiger partial charge is 0.377 e. The van der Waals surface area contributed by atoms with Crippen LogP contribution in [0.1, 0.15) is 71.1 Å². The Labute approximate surface area is 113 Å². The monoisotopic (exact) mass is 253 g/mol. The molecule has 2 rings (SSSR count). The molecule has 0 aliphatic heterocycles. The first-order valence-corrected chi connectivity index (χ1v) is 7.97. The van der Waals surface area contributed by atoms with Gasteiger partial charge in [-0.2, -0.15) is 0 Å². The van der Waals surface area contributed by atoms with Crippen molar-refractivity contribution in [3.8, 4) is 0 Å². The highest BCUT2D eigenvalue weighted by atomic mass is 16.5. The zero-order chi connectivity index (χ0) is 13.0. The molecular weight excluding hydrogens is 222 g/mol. The minimum Gasteiger partial charge on any atom is -0.377 e. The molecule has 2 heteroatoms. The van der Waals surface area contributed by atoms with Gasteiger partial charge in [-0.15, -0.1) is 0 Å². The third-order valence-electron chi connectivity index (χ3n) is 5.51. The minimum atomic E-state index is -0.00996. The van der Waals surface area contributed by atoms with Gasteiger partial charge in [-0.3, -0.25) is 0 Å². The molecule has 2 nitrogen and oxygen atoms in total. The summed E-state index contributed by atoms with van der Waals surface area (Å²) < 4.78 is 5.91. The molecule has 2 aliphatic rings. The van der Waals surface area contributed by atoms with Crippen molar-refractivity contribution in [2.75, 3.05) is 7.11 Å². The van der Waals surface area contributed by atoms with Crippen LogP contribution in [-0.2, 0) is 4.74 Å². The lowest BCUT2D eigenvalue weighted by Crippen LogP contribution is -2.52. The van der Waals surface area contributed by atoms with Gasteiger partial charge in [0.05, 0.1) is 5.60 Å². The van der Waals surface area contributed by atoms with E-state index in [4.69, 9.17) is 10.5 Å². The molecule has 2 aliphatic carbocycles. The van der Waals surface area contributed by atoms with Crippen LogP contribution in [0.25, 0.3) is 0 Å². The van der Waals surface area contributed by atoms with Gasteiger partial charge in [0.1, 0.15) is 0 Å². The van der Waals surface area contributed by atoms with E-state index in [1.54, 1.807) is 0 Å². The molecular formula is C16H31NO. The maximum atomic E-state index is 6.55. The zero-order valence-electron chi connectivity index (χ0n) is 12.3. The molecule has 0 radical (unpaired) electrons. The molecule has 0 heterocycles. The Kier molecular flexibility index (Phi) is 5.08. The summed E-state index contributed by atoms with van der Waals surface area (Å²) in [6.07, 6.45) is 13.1. The van der Waals surface area contributed by atoms with Crippen molar-refractivity contribution in [3.63, 3.8) is 0 Å². The van der Waals surface area contributed by atoms with E-state index in [1.807, 2.05) is 7.11 Å². The maximum absolute atomic E-state index is 6.55. The van der Waals surface area contributed by atoms with Crippen LogP contribution >= 0.6 is 0 Å². The van der Waals surface area contributed by atoms with E-state index < -0.39 is 0 Å². The Bertz CT molecular complexity index is 239. The van der Waals surface area contributed by atoms with Crippen LogP contribution in [0, 0.1) is 11.8 Å². The topological polar surface area (TPSA) is 35.2 Å². The summed E-state index contributed by atoms with van der Waals surface area (Å²) in [5.74, 6) is 1.72. The highest BCUT2D eigenvalue weighted by Gasteiger charge is 2.40. The first kappa shape index (κ1) is 14.3. The molecule has 0 aromatic carbocycles. The van der Waals surface area contributed by atoms with Crippen LogP contribution in [0.3, 0.4) is 0 Å². The zero-order valence-corrected chi connectivity index (χ0v) is 12.3. The van der Waals surface area contributed by atoms with Crippen molar-refractivity contribution in [3.05, 3.63) is 0 Å². The van der Waals surface area contributed by atoms with E-state index in [2.05, 4.69) is 6.92 Å². The molecule has 1 unspecified atom stereocenters. The predicted molar refractivity (Wildman–Crippen MR) is 76.5 cm³/mol. The molecule has 0 aromatic rings. The first-order chi connectivity index (χ1) is 8.66. The number of ether oxygens (including phenoxy) is 1. The van der Waals surface area contributed by atoms with E-state index in [0.29, 0.717) is 0 Å². The van der Waals surface area contributed by atoms with Crippen molar-refractivity contribution in [2.24, 2.45) is 17.6 Å². The second-order valence-corrected chi connectivity index (χ2v) is 6.80. The molecule has 0 aromatic heterocycles. The second-order valence-electron chi connectivity index (χ2n) is 6.80. The fraction of sp³-hybridized carbons (Fsp3) is 1.00. The van der Waals surface area contributed by atoms with E-state index in [1.165, 1.54) is 64.2 Å². The Hall–Kier alpha value is -0.0800. The molecule has 106 valence electrons. The molecule has 0 spiro atoms. The van der Waals surface area contributed by atoms with Gasteiger partial charge < -0.3 is 10.5 Å². The van der Waals surface area contributed by atoms with Crippen LogP contribution in [0.2, 0.25) is 0 Å². The van der Waals surface area contributed by atoms with Crippen molar-refractivity contribution in [1.29, 1.82) is 0 Å². The van der Waals surface area contributed by atoms with Gasteiger partial charge in [0.25, 0.3) is 0 Å². The summed E-state index contributed by atoms with van der Waals surface area (Å²) in [5.41, 5.74) is 6.54. The van der Waals surface area contributed by atoms with Gasteiger partial charge in [-0.05, 0) is 43.9 Å². The van der Waals surface area contributed by atoms with Crippen molar-refractivity contribution in [1.82, 2.24) is 0 Å². The minimum absolute atomic E-state index is 0.00996. The third-order valence-corrected chi connectivity index (χ3v) is 5.51. The van der Waals surface area contributed by atoms with Crippen molar-refractivity contribution < 1.29 is 4.74 Å². The molecule has 1 atom stereocenters. The molecule has 18 heavy (non-hydrogen) atoms. The average Bonchev–Trinajstić information content (AvgIpc) is 2.41. The Balaban J connectivity index is 1.90. The van der Waals surface area contributed by atoms with Crippen molar-refractivity contribution in [2.45, 2.75) is 82.8 Å². The standard InChI is InChI=1S/C16H31NO/c1-13-8-10-16(18-2,11-9-13)15(17)12-14-6-4-3-5-7-14/h13-15H,3-12,17H2,1-2H3. The number of methoxy groups -OCH3 is 1. The van der Waals surface area contributed by atoms with E-state index in [9.17, 15) is 0 Å². The Morgan fingerprint density at radius 2 is 1.72 bits per heavy atom. The molecule has 0 bridgehead atoms. The van der Waals surface area contributed by atoms with Crippen LogP contribution in [0.5, 0.6) is 0 Å². The summed E-state index contributed by atoms with van der Waals surface area (Å²) >= 11 is 0. The van der Waals surface area contributed by atoms with E-state index in [0.717, 1.165) is 11.8 Å². The number of hydrogen-bond acceptors (Lipinski definition) is 2. The van der Waals surface area contributed by atoms with Crippen molar-refractivity contribution >= 4 is 0 Å². The highest BCUT2D eigenvalue weighted by Crippen LogP contribution is 2.39. The van der Waals surface area contributed by atoms with E-state index in [-0.39, 0.29) is 11.6 Å². The fourth-order valence-electron chi connectivity index (χ4n) is 3.97. The lowest BCUT2D eigenvalue weighted by molar-refractivity contribution is -0.0713. The quantitative estimate of drug-likeness (QED) is 0.825. The summed E-state index contributed by atoms with van der Waals surface area (Å²) in [5, 5.41) is 0. The SMILES string of the molecule is COC1(C(N)CC2CCCCC2)CCC(C)CC1. The van der Waals surface area contributed by atoms with Gasteiger partial charge in [0.2, 0.25) is 0 Å². The smallest absolute Gasteiger partial charge is 0.0829 e. The van der Waals surface area contributed by atoms with E-state index >= 15 is 0 Å². The fourth-order valence-corrected chi connectivity index (χ4v) is 3.97.